The zero-order chi connectivity index (χ0) is 11.4. The van der Waals surface area contributed by atoms with E-state index in [0.717, 1.165) is 0 Å². The predicted octanol–water partition coefficient (Wildman–Crippen LogP) is 1.96. The van der Waals surface area contributed by atoms with Gasteiger partial charge in [0, 0.05) is 0 Å². The quantitative estimate of drug-likeness (QED) is 0.520. The fourth-order valence-electron chi connectivity index (χ4n) is 0.798. The molecule has 77 valence electrons. The van der Waals surface area contributed by atoms with E-state index < -0.39 is 20.5 Å². The second-order valence-electron chi connectivity index (χ2n) is 4.01. The third-order valence-electron chi connectivity index (χ3n) is 1.49. The van der Waals surface area contributed by atoms with Gasteiger partial charge in [-0.1, -0.05) is 11.8 Å². The van der Waals surface area contributed by atoms with Crippen LogP contribution >= 0.6 is 0 Å². The van der Waals surface area contributed by atoms with Crippen LogP contribution in [0.5, 0.6) is 0 Å². The fraction of sp³-hybridized carbons (Fsp3) is 0.636. The van der Waals surface area contributed by atoms with Crippen molar-refractivity contribution in [2.24, 2.45) is 0 Å². The van der Waals surface area contributed by atoms with Crippen molar-refractivity contribution in [2.75, 3.05) is 0 Å². The molecule has 2 nitrogen and oxygen atoms in total. The van der Waals surface area contributed by atoms with E-state index in [1.807, 2.05) is 34.2 Å². The first-order chi connectivity index (χ1) is 6.22. The van der Waals surface area contributed by atoms with Crippen molar-refractivity contribution in [3.63, 3.8) is 0 Å². The largest absolute Gasteiger partial charge is 0.383 e. The van der Waals surface area contributed by atoms with Crippen LogP contribution in [0.15, 0.2) is 0 Å². The van der Waals surface area contributed by atoms with Crippen molar-refractivity contribution in [2.45, 2.75) is 45.4 Å². The second-order valence-corrected chi connectivity index (χ2v) is 5.40. The van der Waals surface area contributed by atoms with Crippen LogP contribution in [-0.2, 0) is 8.85 Å². The summed E-state index contributed by atoms with van der Waals surface area (Å²) in [6, 6.07) is 0. The Bertz CT molecular complexity index is 240. The van der Waals surface area contributed by atoms with Crippen LogP contribution in [-0.4, -0.2) is 20.5 Å². The molecule has 0 aromatic carbocycles. The van der Waals surface area contributed by atoms with E-state index in [4.69, 9.17) is 21.7 Å². The molecule has 0 bridgehead atoms. The molecule has 0 heterocycles. The molecule has 3 heteroatoms. The molecule has 0 aliphatic carbocycles. The Morgan fingerprint density at radius 1 is 0.929 bits per heavy atom. The van der Waals surface area contributed by atoms with Gasteiger partial charge in [-0.15, -0.1) is 12.8 Å². The predicted molar refractivity (Wildman–Crippen MR) is 59.6 cm³/mol. The molecule has 0 aromatic heterocycles. The molecule has 0 aromatic rings. The summed E-state index contributed by atoms with van der Waals surface area (Å²) in [5.41, 5.74) is -1.18. The van der Waals surface area contributed by atoms with Crippen molar-refractivity contribution in [3.05, 3.63) is 0 Å². The van der Waals surface area contributed by atoms with Crippen molar-refractivity contribution in [1.29, 1.82) is 0 Å². The third kappa shape index (κ3) is 5.09. The second kappa shape index (κ2) is 4.66. The summed E-state index contributed by atoms with van der Waals surface area (Å²) in [5, 5.41) is 0. The van der Waals surface area contributed by atoms with Crippen molar-refractivity contribution >= 4 is 9.28 Å². The lowest BCUT2D eigenvalue weighted by Gasteiger charge is -2.27. The van der Waals surface area contributed by atoms with Gasteiger partial charge in [0.25, 0.3) is 0 Å². The van der Waals surface area contributed by atoms with Crippen LogP contribution in [0.3, 0.4) is 0 Å². The third-order valence-corrected chi connectivity index (χ3v) is 3.09. The molecule has 0 atom stereocenters. The van der Waals surface area contributed by atoms with Gasteiger partial charge < -0.3 is 8.85 Å². The van der Waals surface area contributed by atoms with E-state index in [0.29, 0.717) is 0 Å². The SMILES string of the molecule is C#CC(C)(C)O[Si](C)OC(C)(C)C#C. The highest BCUT2D eigenvalue weighted by atomic mass is 28.3. The number of terminal acetylenes is 2. The van der Waals surface area contributed by atoms with E-state index in [9.17, 15) is 0 Å². The van der Waals surface area contributed by atoms with E-state index >= 15 is 0 Å². The van der Waals surface area contributed by atoms with Crippen molar-refractivity contribution in [3.8, 4) is 24.7 Å². The van der Waals surface area contributed by atoms with Crippen molar-refractivity contribution < 1.29 is 8.85 Å². The lowest BCUT2D eigenvalue weighted by molar-refractivity contribution is 0.0726. The molecule has 0 rings (SSSR count). The topological polar surface area (TPSA) is 18.5 Å². The minimum Gasteiger partial charge on any atom is -0.377 e. The first-order valence-corrected chi connectivity index (χ1v) is 6.21. The van der Waals surface area contributed by atoms with Gasteiger partial charge in [0.05, 0.1) is 0 Å². The highest BCUT2D eigenvalue weighted by Crippen LogP contribution is 2.14. The zero-order valence-electron chi connectivity index (χ0n) is 9.47. The smallest absolute Gasteiger partial charge is 0.377 e. The summed E-state index contributed by atoms with van der Waals surface area (Å²) in [6.07, 6.45) is 10.6. The molecule has 0 N–H and O–H groups in total. The molecule has 0 saturated heterocycles. The maximum absolute atomic E-state index is 5.57. The van der Waals surface area contributed by atoms with Crippen LogP contribution < -0.4 is 0 Å². The van der Waals surface area contributed by atoms with Gasteiger partial charge >= 0.3 is 9.28 Å². The number of rotatable bonds is 4. The Morgan fingerprint density at radius 3 is 1.43 bits per heavy atom. The monoisotopic (exact) mass is 209 g/mol. The Kier molecular flexibility index (Phi) is 4.41. The Balaban J connectivity index is 4.22. The van der Waals surface area contributed by atoms with Crippen LogP contribution in [0, 0.1) is 24.7 Å². The van der Waals surface area contributed by atoms with E-state index in [-0.39, 0.29) is 0 Å². The van der Waals surface area contributed by atoms with Crippen LogP contribution in [0.2, 0.25) is 6.55 Å². The first kappa shape index (κ1) is 13.3. The first-order valence-electron chi connectivity index (χ1n) is 4.39. The minimum atomic E-state index is -1.41. The van der Waals surface area contributed by atoms with Crippen LogP contribution in [0.25, 0.3) is 0 Å². The Hall–Kier alpha value is -0.743. The highest BCUT2D eigenvalue weighted by molar-refractivity contribution is 6.42. The molecular weight excluding hydrogens is 192 g/mol. The molecule has 0 spiro atoms. The average Bonchev–Trinajstić information content (AvgIpc) is 2.02. The Labute approximate surface area is 88.8 Å². The molecule has 1 radical (unpaired) electrons. The standard InChI is InChI=1S/C11H17O2Si/c1-8-10(3,4)12-14(7)13-11(5,6)9-2/h1-2H,3-7H3. The average molecular weight is 209 g/mol. The van der Waals surface area contributed by atoms with Crippen LogP contribution in [0.4, 0.5) is 0 Å². The summed E-state index contributed by atoms with van der Waals surface area (Å²) in [5.74, 6) is 5.10. The van der Waals surface area contributed by atoms with Gasteiger partial charge in [0.1, 0.15) is 11.2 Å². The molecule has 0 fully saturated rings. The van der Waals surface area contributed by atoms with Crippen LogP contribution in [0.1, 0.15) is 27.7 Å². The lowest BCUT2D eigenvalue weighted by Crippen LogP contribution is -2.38. The molecule has 0 unspecified atom stereocenters. The molecule has 0 amide bonds. The minimum absolute atomic E-state index is 0.590. The van der Waals surface area contributed by atoms with Crippen molar-refractivity contribution in [1.82, 2.24) is 0 Å². The Morgan fingerprint density at radius 2 is 1.21 bits per heavy atom. The van der Waals surface area contributed by atoms with Gasteiger partial charge in [-0.25, -0.2) is 0 Å². The number of hydrogen-bond donors (Lipinski definition) is 0. The zero-order valence-corrected chi connectivity index (χ0v) is 10.5. The summed E-state index contributed by atoms with van der Waals surface area (Å²) in [7, 11) is -1.41. The van der Waals surface area contributed by atoms with Gasteiger partial charge in [-0.3, -0.25) is 0 Å². The maximum Gasteiger partial charge on any atom is 0.383 e. The van der Waals surface area contributed by atoms with E-state index in [1.54, 1.807) is 0 Å². The molecule has 14 heavy (non-hydrogen) atoms. The van der Waals surface area contributed by atoms with Gasteiger partial charge in [0.2, 0.25) is 0 Å². The molecular formula is C11H17O2Si. The highest BCUT2D eigenvalue weighted by Gasteiger charge is 2.26. The summed E-state index contributed by atoms with van der Waals surface area (Å²) >= 11 is 0. The molecule has 0 aliphatic heterocycles. The van der Waals surface area contributed by atoms with Gasteiger partial charge in [-0.05, 0) is 34.2 Å². The van der Waals surface area contributed by atoms with E-state index in [2.05, 4.69) is 11.8 Å². The summed E-state index contributed by atoms with van der Waals surface area (Å²) < 4.78 is 11.1. The molecule has 0 aliphatic rings. The normalized spacial score (nSPS) is 12.3. The summed E-state index contributed by atoms with van der Waals surface area (Å²) in [4.78, 5) is 0. The lowest BCUT2D eigenvalue weighted by atomic mass is 10.2. The van der Waals surface area contributed by atoms with Gasteiger partial charge in [0.15, 0.2) is 0 Å². The molecule has 0 saturated carbocycles. The maximum atomic E-state index is 5.57. The summed E-state index contributed by atoms with van der Waals surface area (Å²) in [6.45, 7) is 9.18. The fourth-order valence-corrected chi connectivity index (χ4v) is 2.40. The van der Waals surface area contributed by atoms with E-state index in [1.165, 1.54) is 0 Å². The number of hydrogen-bond acceptors (Lipinski definition) is 2. The van der Waals surface area contributed by atoms with Gasteiger partial charge in [-0.2, -0.15) is 0 Å².